The van der Waals surface area contributed by atoms with Gasteiger partial charge in [0.15, 0.2) is 0 Å². The van der Waals surface area contributed by atoms with Crippen LogP contribution in [-0.2, 0) is 19.1 Å². The summed E-state index contributed by atoms with van der Waals surface area (Å²) in [5.41, 5.74) is 0.742. The highest BCUT2D eigenvalue weighted by Gasteiger charge is 2.34. The third-order valence-corrected chi connectivity index (χ3v) is 2.52. The van der Waals surface area contributed by atoms with E-state index in [1.54, 1.807) is 19.9 Å². The Morgan fingerprint density at radius 2 is 2.12 bits per heavy atom. The molecule has 0 aromatic rings. The summed E-state index contributed by atoms with van der Waals surface area (Å²) < 4.78 is 9.99. The Hall–Kier alpha value is -1.58. The van der Waals surface area contributed by atoms with Gasteiger partial charge in [-0.1, -0.05) is 13.3 Å². The van der Waals surface area contributed by atoms with Gasteiger partial charge in [0, 0.05) is 0 Å². The molecular formula is C13H18O4. The minimum atomic E-state index is -0.474. The molecule has 4 nitrogen and oxygen atoms in total. The molecule has 0 saturated heterocycles. The Bertz CT molecular complexity index is 377. The Labute approximate surface area is 101 Å². The first-order valence-electron chi connectivity index (χ1n) is 5.94. The number of allylic oxidation sites excluding steroid dienone is 1. The second kappa shape index (κ2) is 6.23. The first kappa shape index (κ1) is 13.5. The number of carbonyl (C=O) groups excluding carboxylic acids is 2. The molecule has 0 aromatic heterocycles. The average molecular weight is 238 g/mol. The molecule has 17 heavy (non-hydrogen) atoms. The normalized spacial score (nSPS) is 17.6. The van der Waals surface area contributed by atoms with Gasteiger partial charge in [0.1, 0.15) is 11.3 Å². The SMILES string of the molecule is C/C=C1\OC(=O)C(CCCC)=C1C(=O)OCC. The number of unbranched alkanes of at least 4 members (excludes halogenated alkanes) is 1. The average Bonchev–Trinajstić information content (AvgIpc) is 2.63. The van der Waals surface area contributed by atoms with Crippen LogP contribution in [0.2, 0.25) is 0 Å². The summed E-state index contributed by atoms with van der Waals surface area (Å²) in [5, 5.41) is 0. The van der Waals surface area contributed by atoms with Crippen LogP contribution in [0.25, 0.3) is 0 Å². The molecule has 0 saturated carbocycles. The van der Waals surface area contributed by atoms with Crippen LogP contribution in [-0.4, -0.2) is 18.5 Å². The van der Waals surface area contributed by atoms with Crippen LogP contribution >= 0.6 is 0 Å². The van der Waals surface area contributed by atoms with E-state index in [9.17, 15) is 9.59 Å². The van der Waals surface area contributed by atoms with Crippen LogP contribution in [0.1, 0.15) is 40.0 Å². The molecule has 0 N–H and O–H groups in total. The van der Waals surface area contributed by atoms with Gasteiger partial charge in [0.05, 0.1) is 12.2 Å². The third kappa shape index (κ3) is 2.96. The molecule has 1 aliphatic rings. The molecule has 0 amide bonds. The Morgan fingerprint density at radius 1 is 1.41 bits per heavy atom. The number of ether oxygens (including phenoxy) is 2. The lowest BCUT2D eigenvalue weighted by Crippen LogP contribution is -2.09. The summed E-state index contributed by atoms with van der Waals surface area (Å²) in [5.74, 6) is -0.577. The minimum Gasteiger partial charge on any atom is -0.462 e. The zero-order chi connectivity index (χ0) is 12.8. The highest BCUT2D eigenvalue weighted by molar-refractivity contribution is 6.07. The first-order chi connectivity index (χ1) is 8.15. The van der Waals surface area contributed by atoms with Crippen LogP contribution in [0.3, 0.4) is 0 Å². The minimum absolute atomic E-state index is 0.286. The van der Waals surface area contributed by atoms with E-state index >= 15 is 0 Å². The summed E-state index contributed by atoms with van der Waals surface area (Å²) >= 11 is 0. The standard InChI is InChI=1S/C13H18O4/c1-4-7-8-9-11(13(15)16-6-3)10(5-2)17-12(9)14/h5H,4,6-8H2,1-3H3/b10-5-. The van der Waals surface area contributed by atoms with E-state index in [1.807, 2.05) is 6.92 Å². The van der Waals surface area contributed by atoms with Crippen molar-refractivity contribution in [3.05, 3.63) is 23.0 Å². The van der Waals surface area contributed by atoms with Crippen molar-refractivity contribution in [2.75, 3.05) is 6.61 Å². The van der Waals surface area contributed by atoms with Crippen LogP contribution in [0.4, 0.5) is 0 Å². The van der Waals surface area contributed by atoms with Crippen LogP contribution in [0.5, 0.6) is 0 Å². The van der Waals surface area contributed by atoms with E-state index in [-0.39, 0.29) is 6.61 Å². The molecule has 1 heterocycles. The number of hydrogen-bond acceptors (Lipinski definition) is 4. The lowest BCUT2D eigenvalue weighted by Gasteiger charge is -2.04. The van der Waals surface area contributed by atoms with Gasteiger partial charge >= 0.3 is 11.9 Å². The number of rotatable bonds is 5. The Kier molecular flexibility index (Phi) is 4.94. The predicted octanol–water partition coefficient (Wildman–Crippen LogP) is 2.50. The Morgan fingerprint density at radius 3 is 2.65 bits per heavy atom. The van der Waals surface area contributed by atoms with Gasteiger partial charge in [-0.05, 0) is 32.8 Å². The number of cyclic esters (lactones) is 1. The fourth-order valence-corrected chi connectivity index (χ4v) is 1.67. The van der Waals surface area contributed by atoms with Crippen molar-refractivity contribution in [2.45, 2.75) is 40.0 Å². The van der Waals surface area contributed by atoms with Crippen LogP contribution in [0.15, 0.2) is 23.0 Å². The maximum Gasteiger partial charge on any atom is 0.342 e. The summed E-state index contributed by atoms with van der Waals surface area (Å²) in [6.07, 6.45) is 3.98. The first-order valence-corrected chi connectivity index (χ1v) is 5.94. The van der Waals surface area contributed by atoms with Crippen LogP contribution in [0, 0.1) is 0 Å². The van der Waals surface area contributed by atoms with Crippen molar-refractivity contribution in [3.8, 4) is 0 Å². The molecule has 1 aliphatic heterocycles. The Balaban J connectivity index is 3.04. The molecule has 0 spiro atoms. The topological polar surface area (TPSA) is 52.6 Å². The summed E-state index contributed by atoms with van der Waals surface area (Å²) in [6, 6.07) is 0. The predicted molar refractivity (Wildman–Crippen MR) is 63.0 cm³/mol. The zero-order valence-electron chi connectivity index (χ0n) is 10.5. The lowest BCUT2D eigenvalue weighted by atomic mass is 10.0. The summed E-state index contributed by atoms with van der Waals surface area (Å²) in [7, 11) is 0. The molecule has 0 atom stereocenters. The lowest BCUT2D eigenvalue weighted by molar-refractivity contribution is -0.138. The number of hydrogen-bond donors (Lipinski definition) is 0. The zero-order valence-corrected chi connectivity index (χ0v) is 10.5. The molecule has 0 aromatic carbocycles. The fraction of sp³-hybridized carbons (Fsp3) is 0.538. The van der Waals surface area contributed by atoms with Crippen molar-refractivity contribution in [3.63, 3.8) is 0 Å². The maximum absolute atomic E-state index is 11.8. The largest absolute Gasteiger partial charge is 0.462 e. The van der Waals surface area contributed by atoms with E-state index in [1.165, 1.54) is 0 Å². The molecule has 0 radical (unpaired) electrons. The smallest absolute Gasteiger partial charge is 0.342 e. The number of carbonyl (C=O) groups is 2. The van der Waals surface area contributed by atoms with E-state index in [0.717, 1.165) is 12.8 Å². The summed E-state index contributed by atoms with van der Waals surface area (Å²) in [6.45, 7) is 5.78. The molecule has 0 unspecified atom stereocenters. The van der Waals surface area contributed by atoms with Crippen molar-refractivity contribution in [1.82, 2.24) is 0 Å². The summed E-state index contributed by atoms with van der Waals surface area (Å²) in [4.78, 5) is 23.4. The van der Waals surface area contributed by atoms with Crippen molar-refractivity contribution >= 4 is 11.9 Å². The maximum atomic E-state index is 11.8. The fourth-order valence-electron chi connectivity index (χ4n) is 1.67. The van der Waals surface area contributed by atoms with Gasteiger partial charge in [-0.15, -0.1) is 0 Å². The monoisotopic (exact) mass is 238 g/mol. The van der Waals surface area contributed by atoms with Crippen molar-refractivity contribution < 1.29 is 19.1 Å². The van der Waals surface area contributed by atoms with E-state index in [4.69, 9.17) is 9.47 Å². The van der Waals surface area contributed by atoms with Crippen LogP contribution < -0.4 is 0 Å². The van der Waals surface area contributed by atoms with Gasteiger partial charge in [-0.25, -0.2) is 9.59 Å². The van der Waals surface area contributed by atoms with E-state index in [2.05, 4.69) is 0 Å². The van der Waals surface area contributed by atoms with Gasteiger partial charge < -0.3 is 9.47 Å². The molecule has 1 rings (SSSR count). The highest BCUT2D eigenvalue weighted by atomic mass is 16.6. The van der Waals surface area contributed by atoms with Gasteiger partial charge in [0.25, 0.3) is 0 Å². The second-order valence-electron chi connectivity index (χ2n) is 3.72. The van der Waals surface area contributed by atoms with E-state index in [0.29, 0.717) is 23.3 Å². The molecular weight excluding hydrogens is 220 g/mol. The van der Waals surface area contributed by atoms with Gasteiger partial charge in [-0.3, -0.25) is 0 Å². The van der Waals surface area contributed by atoms with Crippen molar-refractivity contribution in [2.24, 2.45) is 0 Å². The van der Waals surface area contributed by atoms with E-state index < -0.39 is 11.9 Å². The molecule has 4 heteroatoms. The van der Waals surface area contributed by atoms with Gasteiger partial charge in [-0.2, -0.15) is 0 Å². The highest BCUT2D eigenvalue weighted by Crippen LogP contribution is 2.30. The quantitative estimate of drug-likeness (QED) is 0.690. The molecule has 0 fully saturated rings. The van der Waals surface area contributed by atoms with Gasteiger partial charge in [0.2, 0.25) is 0 Å². The third-order valence-electron chi connectivity index (χ3n) is 2.52. The molecule has 94 valence electrons. The number of esters is 2. The molecule has 0 bridgehead atoms. The molecule has 0 aliphatic carbocycles. The second-order valence-corrected chi connectivity index (χ2v) is 3.72. The van der Waals surface area contributed by atoms with Crippen molar-refractivity contribution in [1.29, 1.82) is 0 Å².